The summed E-state index contributed by atoms with van der Waals surface area (Å²) in [7, 11) is 0. The van der Waals surface area contributed by atoms with E-state index in [2.05, 4.69) is 0 Å². The van der Waals surface area contributed by atoms with Gasteiger partial charge in [-0.3, -0.25) is 14.5 Å². The van der Waals surface area contributed by atoms with Crippen molar-refractivity contribution < 1.29 is 9.59 Å². The van der Waals surface area contributed by atoms with Crippen LogP contribution in [0.3, 0.4) is 0 Å². The molecule has 0 saturated carbocycles. The van der Waals surface area contributed by atoms with Crippen molar-refractivity contribution in [2.75, 3.05) is 13.1 Å². The summed E-state index contributed by atoms with van der Waals surface area (Å²) in [6.07, 6.45) is 0.413. The Hall–Kier alpha value is -1.21. The maximum Gasteiger partial charge on any atom is 0.231 e. The topological polar surface area (TPSA) is 115 Å². The van der Waals surface area contributed by atoms with Gasteiger partial charge in [0.05, 0.1) is 18.1 Å². The molecular formula is C8H16N4O2S. The van der Waals surface area contributed by atoms with Crippen molar-refractivity contribution in [3.05, 3.63) is 0 Å². The average Bonchev–Trinajstić information content (AvgIpc) is 1.99. The zero-order chi connectivity index (χ0) is 12.0. The molecule has 0 aliphatic carbocycles. The molecule has 1 unspecified atom stereocenters. The zero-order valence-corrected chi connectivity index (χ0v) is 9.42. The Bertz CT molecular complexity index is 253. The van der Waals surface area contributed by atoms with Gasteiger partial charge in [-0.25, -0.2) is 0 Å². The van der Waals surface area contributed by atoms with E-state index in [1.54, 1.807) is 11.8 Å². The molecular weight excluding hydrogens is 216 g/mol. The monoisotopic (exact) mass is 232 g/mol. The van der Waals surface area contributed by atoms with Gasteiger partial charge in [-0.05, 0) is 6.92 Å². The molecule has 0 rings (SSSR count). The highest BCUT2D eigenvalue weighted by molar-refractivity contribution is 7.80. The van der Waals surface area contributed by atoms with Crippen molar-refractivity contribution in [3.8, 4) is 0 Å². The first-order valence-electron chi connectivity index (χ1n) is 4.42. The number of rotatable bonds is 7. The van der Waals surface area contributed by atoms with Crippen molar-refractivity contribution in [1.82, 2.24) is 4.90 Å². The van der Waals surface area contributed by atoms with Gasteiger partial charge >= 0.3 is 0 Å². The number of nitrogens with zero attached hydrogens (tertiary/aromatic N) is 1. The maximum atomic E-state index is 10.7. The fourth-order valence-electron chi connectivity index (χ4n) is 1.19. The van der Waals surface area contributed by atoms with Crippen LogP contribution in [0.25, 0.3) is 0 Å². The molecule has 0 fully saturated rings. The quantitative estimate of drug-likeness (QED) is 0.454. The molecule has 0 aliphatic rings. The minimum absolute atomic E-state index is 0.0350. The summed E-state index contributed by atoms with van der Waals surface area (Å²) >= 11 is 4.74. The first-order chi connectivity index (χ1) is 6.82. The molecule has 0 aromatic carbocycles. The summed E-state index contributed by atoms with van der Waals surface area (Å²) in [6, 6.07) is -0.137. The lowest BCUT2D eigenvalue weighted by molar-refractivity contribution is -0.122. The molecule has 6 nitrogen and oxygen atoms in total. The third kappa shape index (κ3) is 6.81. The molecule has 0 aromatic heterocycles. The average molecular weight is 232 g/mol. The van der Waals surface area contributed by atoms with Crippen LogP contribution in [0.2, 0.25) is 0 Å². The lowest BCUT2D eigenvalue weighted by Crippen LogP contribution is -2.45. The first-order valence-corrected chi connectivity index (χ1v) is 4.82. The minimum atomic E-state index is -0.522. The summed E-state index contributed by atoms with van der Waals surface area (Å²) < 4.78 is 0. The lowest BCUT2D eigenvalue weighted by Gasteiger charge is -2.26. The number of amides is 2. The molecule has 6 N–H and O–H groups in total. The SMILES string of the molecule is CC(CC(N)=S)N(CC(N)=O)CC(N)=O. The molecule has 0 bridgehead atoms. The van der Waals surface area contributed by atoms with Crippen LogP contribution in [0.5, 0.6) is 0 Å². The summed E-state index contributed by atoms with van der Waals surface area (Å²) in [5.74, 6) is -1.04. The van der Waals surface area contributed by atoms with E-state index in [0.29, 0.717) is 11.4 Å². The van der Waals surface area contributed by atoms with E-state index in [9.17, 15) is 9.59 Å². The molecule has 0 radical (unpaired) electrons. The van der Waals surface area contributed by atoms with Gasteiger partial charge in [0.15, 0.2) is 0 Å². The molecule has 0 aromatic rings. The number of carbonyl (C=O) groups excluding carboxylic acids is 2. The van der Waals surface area contributed by atoms with Crippen molar-refractivity contribution in [1.29, 1.82) is 0 Å². The van der Waals surface area contributed by atoms with Crippen LogP contribution >= 0.6 is 12.2 Å². The predicted octanol–water partition coefficient (Wildman–Crippen LogP) is -1.68. The fourth-order valence-corrected chi connectivity index (χ4v) is 1.43. The molecule has 15 heavy (non-hydrogen) atoms. The number of primary amides is 2. The highest BCUT2D eigenvalue weighted by atomic mass is 32.1. The van der Waals surface area contributed by atoms with E-state index < -0.39 is 11.8 Å². The van der Waals surface area contributed by atoms with E-state index in [1.807, 2.05) is 0 Å². The van der Waals surface area contributed by atoms with Crippen molar-refractivity contribution in [2.24, 2.45) is 17.2 Å². The highest BCUT2D eigenvalue weighted by Crippen LogP contribution is 2.03. The first kappa shape index (κ1) is 13.8. The van der Waals surface area contributed by atoms with E-state index in [0.717, 1.165) is 0 Å². The second-order valence-corrected chi connectivity index (χ2v) is 3.88. The van der Waals surface area contributed by atoms with Crippen molar-refractivity contribution in [2.45, 2.75) is 19.4 Å². The van der Waals surface area contributed by atoms with Crippen molar-refractivity contribution >= 4 is 29.0 Å². The molecule has 0 saturated heterocycles. The largest absolute Gasteiger partial charge is 0.393 e. The summed E-state index contributed by atoms with van der Waals surface area (Å²) in [6.45, 7) is 1.73. The molecule has 0 spiro atoms. The summed E-state index contributed by atoms with van der Waals surface area (Å²) in [4.78, 5) is 23.4. The Labute approximate surface area is 93.8 Å². The van der Waals surface area contributed by atoms with Crippen LogP contribution in [-0.4, -0.2) is 40.8 Å². The van der Waals surface area contributed by atoms with E-state index in [1.165, 1.54) is 0 Å². The van der Waals surface area contributed by atoms with Crippen LogP contribution in [-0.2, 0) is 9.59 Å². The molecule has 0 heterocycles. The van der Waals surface area contributed by atoms with E-state index in [4.69, 9.17) is 29.4 Å². The predicted molar refractivity (Wildman–Crippen MR) is 60.8 cm³/mol. The van der Waals surface area contributed by atoms with Gasteiger partial charge in [0.25, 0.3) is 0 Å². The van der Waals surface area contributed by atoms with Gasteiger partial charge in [-0.15, -0.1) is 0 Å². The van der Waals surface area contributed by atoms with Crippen molar-refractivity contribution in [3.63, 3.8) is 0 Å². The smallest absolute Gasteiger partial charge is 0.231 e. The summed E-state index contributed by atoms with van der Waals surface area (Å²) in [5.41, 5.74) is 15.4. The Morgan fingerprint density at radius 2 is 1.60 bits per heavy atom. The normalized spacial score (nSPS) is 12.4. The third-order valence-electron chi connectivity index (χ3n) is 1.84. The number of hydrogen-bond acceptors (Lipinski definition) is 4. The fraction of sp³-hybridized carbons (Fsp3) is 0.625. The molecule has 0 aliphatic heterocycles. The van der Waals surface area contributed by atoms with Gasteiger partial charge in [-0.1, -0.05) is 12.2 Å². The Kier molecular flexibility index (Phi) is 5.80. The second-order valence-electron chi connectivity index (χ2n) is 3.36. The highest BCUT2D eigenvalue weighted by Gasteiger charge is 2.18. The standard InChI is InChI=1S/C8H16N4O2S/c1-5(2-8(11)15)12(3-6(9)13)4-7(10)14/h5H,2-4H2,1H3,(H2,9,13)(H2,10,14)(H2,11,15). The van der Waals surface area contributed by atoms with Crippen LogP contribution in [0.4, 0.5) is 0 Å². The van der Waals surface area contributed by atoms with Crippen LogP contribution in [0.15, 0.2) is 0 Å². The molecule has 86 valence electrons. The van der Waals surface area contributed by atoms with E-state index >= 15 is 0 Å². The molecule has 7 heteroatoms. The van der Waals surface area contributed by atoms with Gasteiger partial charge in [0.2, 0.25) is 11.8 Å². The van der Waals surface area contributed by atoms with Crippen LogP contribution in [0, 0.1) is 0 Å². The zero-order valence-electron chi connectivity index (χ0n) is 8.60. The van der Waals surface area contributed by atoms with Gasteiger partial charge in [0.1, 0.15) is 0 Å². The van der Waals surface area contributed by atoms with E-state index in [-0.39, 0.29) is 19.1 Å². The second kappa shape index (κ2) is 6.31. The minimum Gasteiger partial charge on any atom is -0.393 e. The van der Waals surface area contributed by atoms with Crippen LogP contribution < -0.4 is 17.2 Å². The number of thiocarbonyl (C=S) groups is 1. The van der Waals surface area contributed by atoms with Gasteiger partial charge in [0, 0.05) is 12.5 Å². The number of hydrogen-bond donors (Lipinski definition) is 3. The van der Waals surface area contributed by atoms with Crippen LogP contribution in [0.1, 0.15) is 13.3 Å². The summed E-state index contributed by atoms with van der Waals surface area (Å²) in [5, 5.41) is 0. The lowest BCUT2D eigenvalue weighted by atomic mass is 10.2. The number of nitrogens with two attached hydrogens (primary N) is 3. The van der Waals surface area contributed by atoms with Gasteiger partial charge in [-0.2, -0.15) is 0 Å². The molecule has 2 amide bonds. The third-order valence-corrected chi connectivity index (χ3v) is 2.00. The number of carbonyl (C=O) groups is 2. The Morgan fingerprint density at radius 3 is 1.87 bits per heavy atom. The molecule has 1 atom stereocenters. The Balaban J connectivity index is 4.38. The maximum absolute atomic E-state index is 10.7. The van der Waals surface area contributed by atoms with Gasteiger partial charge < -0.3 is 17.2 Å². The Morgan fingerprint density at radius 1 is 1.20 bits per heavy atom.